The van der Waals surface area contributed by atoms with Gasteiger partial charge in [0.1, 0.15) is 11.9 Å². The van der Waals surface area contributed by atoms with Crippen LogP contribution in [0.1, 0.15) is 30.6 Å². The number of hydrogen-bond acceptors (Lipinski definition) is 3. The Morgan fingerprint density at radius 3 is 2.74 bits per heavy atom. The Labute approximate surface area is 123 Å². The van der Waals surface area contributed by atoms with Gasteiger partial charge in [-0.25, -0.2) is 0 Å². The highest BCUT2D eigenvalue weighted by atomic mass is 35.5. The van der Waals surface area contributed by atoms with Crippen molar-refractivity contribution in [2.45, 2.75) is 32.4 Å². The average Bonchev–Trinajstić information content (AvgIpc) is 2.91. The molecule has 0 fully saturated rings. The summed E-state index contributed by atoms with van der Waals surface area (Å²) in [5.41, 5.74) is 8.40. The lowest BCUT2D eigenvalue weighted by Gasteiger charge is -2.24. The molecule has 2 atom stereocenters. The van der Waals surface area contributed by atoms with Gasteiger partial charge in [-0.15, -0.1) is 0 Å². The van der Waals surface area contributed by atoms with Crippen LogP contribution in [-0.4, -0.2) is 6.04 Å². The zero-order valence-corrected chi connectivity index (χ0v) is 12.7. The van der Waals surface area contributed by atoms with Crippen molar-refractivity contribution in [1.82, 2.24) is 0 Å². The molecular formula is C15H18ClNOS. The van der Waals surface area contributed by atoms with Gasteiger partial charge in [-0.1, -0.05) is 24.6 Å². The molecule has 2 rings (SSSR count). The van der Waals surface area contributed by atoms with Crippen LogP contribution in [0.4, 0.5) is 0 Å². The van der Waals surface area contributed by atoms with E-state index >= 15 is 0 Å². The zero-order valence-electron chi connectivity index (χ0n) is 11.1. The summed E-state index contributed by atoms with van der Waals surface area (Å²) in [6.07, 6.45) is 0.695. The number of benzene rings is 1. The summed E-state index contributed by atoms with van der Waals surface area (Å²) in [6.45, 7) is 4.06. The van der Waals surface area contributed by atoms with E-state index in [9.17, 15) is 0 Å². The molecule has 0 aliphatic rings. The second kappa shape index (κ2) is 6.42. The minimum atomic E-state index is -0.156. The SMILES string of the molecule is CCC(N)C(Oc1ccc(C)cc1Cl)c1ccsc1. The van der Waals surface area contributed by atoms with Gasteiger partial charge in [-0.3, -0.25) is 0 Å². The van der Waals surface area contributed by atoms with Crippen molar-refractivity contribution >= 4 is 22.9 Å². The molecule has 2 aromatic rings. The second-order valence-corrected chi connectivity index (χ2v) is 5.79. The maximum Gasteiger partial charge on any atom is 0.140 e. The van der Waals surface area contributed by atoms with Crippen molar-refractivity contribution in [2.75, 3.05) is 0 Å². The number of thiophene rings is 1. The Morgan fingerprint density at radius 1 is 1.37 bits per heavy atom. The smallest absolute Gasteiger partial charge is 0.140 e. The molecule has 19 heavy (non-hydrogen) atoms. The quantitative estimate of drug-likeness (QED) is 0.877. The van der Waals surface area contributed by atoms with Gasteiger partial charge in [0.2, 0.25) is 0 Å². The van der Waals surface area contributed by atoms with E-state index in [4.69, 9.17) is 22.1 Å². The lowest BCUT2D eigenvalue weighted by atomic mass is 10.0. The maximum absolute atomic E-state index is 6.22. The number of ether oxygens (including phenoxy) is 1. The fraction of sp³-hybridized carbons (Fsp3) is 0.333. The first-order chi connectivity index (χ1) is 9.11. The molecule has 2 N–H and O–H groups in total. The van der Waals surface area contributed by atoms with E-state index in [-0.39, 0.29) is 12.1 Å². The minimum absolute atomic E-state index is 0.0491. The van der Waals surface area contributed by atoms with E-state index in [0.29, 0.717) is 10.8 Å². The fourth-order valence-corrected chi connectivity index (χ4v) is 2.86. The van der Waals surface area contributed by atoms with Gasteiger partial charge in [-0.2, -0.15) is 11.3 Å². The third-order valence-corrected chi connectivity index (χ3v) is 4.07. The van der Waals surface area contributed by atoms with Gasteiger partial charge >= 0.3 is 0 Å². The molecule has 4 heteroatoms. The van der Waals surface area contributed by atoms with Gasteiger partial charge in [0.25, 0.3) is 0 Å². The molecule has 0 aliphatic carbocycles. The number of nitrogens with two attached hydrogens (primary N) is 1. The third-order valence-electron chi connectivity index (χ3n) is 3.07. The van der Waals surface area contributed by atoms with Crippen LogP contribution in [0.25, 0.3) is 0 Å². The van der Waals surface area contributed by atoms with Crippen LogP contribution in [0.2, 0.25) is 5.02 Å². The first-order valence-electron chi connectivity index (χ1n) is 6.32. The number of rotatable bonds is 5. The molecule has 0 spiro atoms. The molecule has 0 saturated carbocycles. The van der Waals surface area contributed by atoms with E-state index in [2.05, 4.69) is 12.3 Å². The fourth-order valence-electron chi connectivity index (χ4n) is 1.89. The molecule has 0 aliphatic heterocycles. The summed E-state index contributed by atoms with van der Waals surface area (Å²) >= 11 is 7.86. The van der Waals surface area contributed by atoms with E-state index in [1.165, 1.54) is 0 Å². The van der Waals surface area contributed by atoms with Gasteiger partial charge < -0.3 is 10.5 Å². The van der Waals surface area contributed by atoms with Crippen molar-refractivity contribution < 1.29 is 4.74 Å². The summed E-state index contributed by atoms with van der Waals surface area (Å²) in [4.78, 5) is 0. The summed E-state index contributed by atoms with van der Waals surface area (Å²) in [6, 6.07) is 7.79. The monoisotopic (exact) mass is 295 g/mol. The first-order valence-corrected chi connectivity index (χ1v) is 7.64. The molecule has 1 heterocycles. The van der Waals surface area contributed by atoms with Gasteiger partial charge in [0.05, 0.1) is 5.02 Å². The molecule has 0 bridgehead atoms. The highest BCUT2D eigenvalue weighted by molar-refractivity contribution is 7.07. The standard InChI is InChI=1S/C15H18ClNOS/c1-3-13(17)15(11-6-7-19-9-11)18-14-5-4-10(2)8-12(14)16/h4-9,13,15H,3,17H2,1-2H3. The van der Waals surface area contributed by atoms with Crippen LogP contribution in [0, 0.1) is 6.92 Å². The van der Waals surface area contributed by atoms with Crippen molar-refractivity contribution in [3.8, 4) is 5.75 Å². The lowest BCUT2D eigenvalue weighted by molar-refractivity contribution is 0.171. The summed E-state index contributed by atoms with van der Waals surface area (Å²) in [5.74, 6) is 0.687. The molecule has 2 unspecified atom stereocenters. The van der Waals surface area contributed by atoms with Gasteiger partial charge in [-0.05, 0) is 47.9 Å². The lowest BCUT2D eigenvalue weighted by Crippen LogP contribution is -2.31. The maximum atomic E-state index is 6.22. The Morgan fingerprint density at radius 2 is 2.16 bits per heavy atom. The van der Waals surface area contributed by atoms with Crippen molar-refractivity contribution in [3.05, 3.63) is 51.2 Å². The summed E-state index contributed by atoms with van der Waals surface area (Å²) in [7, 11) is 0. The Bertz CT molecular complexity index is 527. The Hall–Kier alpha value is -1.03. The number of aryl methyl sites for hydroxylation is 1. The van der Waals surface area contributed by atoms with E-state index in [1.54, 1.807) is 11.3 Å². The van der Waals surface area contributed by atoms with Crippen LogP contribution in [0.5, 0.6) is 5.75 Å². The summed E-state index contributed by atoms with van der Waals surface area (Å²) < 4.78 is 6.05. The Kier molecular flexibility index (Phi) is 4.86. The molecule has 1 aromatic heterocycles. The molecule has 2 nitrogen and oxygen atoms in total. The predicted octanol–water partition coefficient (Wildman–Crippen LogP) is 4.57. The van der Waals surface area contributed by atoms with Crippen LogP contribution in [0.15, 0.2) is 35.0 Å². The molecular weight excluding hydrogens is 278 g/mol. The van der Waals surface area contributed by atoms with E-state index < -0.39 is 0 Å². The van der Waals surface area contributed by atoms with Gasteiger partial charge in [0, 0.05) is 11.6 Å². The number of hydrogen-bond donors (Lipinski definition) is 1. The topological polar surface area (TPSA) is 35.2 Å². The normalized spacial score (nSPS) is 14.1. The highest BCUT2D eigenvalue weighted by Crippen LogP contribution is 2.32. The van der Waals surface area contributed by atoms with E-state index in [1.807, 2.05) is 36.6 Å². The largest absolute Gasteiger partial charge is 0.483 e. The second-order valence-electron chi connectivity index (χ2n) is 4.60. The zero-order chi connectivity index (χ0) is 13.8. The van der Waals surface area contributed by atoms with Crippen LogP contribution in [-0.2, 0) is 0 Å². The van der Waals surface area contributed by atoms with Gasteiger partial charge in [0.15, 0.2) is 0 Å². The first kappa shape index (κ1) is 14.4. The predicted molar refractivity (Wildman–Crippen MR) is 82.1 cm³/mol. The van der Waals surface area contributed by atoms with Crippen LogP contribution in [0.3, 0.4) is 0 Å². The van der Waals surface area contributed by atoms with Crippen LogP contribution < -0.4 is 10.5 Å². The number of halogens is 1. The minimum Gasteiger partial charge on any atom is -0.483 e. The Balaban J connectivity index is 2.25. The third kappa shape index (κ3) is 3.50. The summed E-state index contributed by atoms with van der Waals surface area (Å²) in [5, 5.41) is 4.73. The highest BCUT2D eigenvalue weighted by Gasteiger charge is 2.21. The van der Waals surface area contributed by atoms with Crippen molar-refractivity contribution in [2.24, 2.45) is 5.73 Å². The molecule has 102 valence electrons. The van der Waals surface area contributed by atoms with Crippen LogP contribution >= 0.6 is 22.9 Å². The molecule has 1 aromatic carbocycles. The van der Waals surface area contributed by atoms with Crippen molar-refractivity contribution in [1.29, 1.82) is 0 Å². The molecule has 0 radical (unpaired) electrons. The van der Waals surface area contributed by atoms with E-state index in [0.717, 1.165) is 17.5 Å². The molecule has 0 amide bonds. The van der Waals surface area contributed by atoms with Crippen molar-refractivity contribution in [3.63, 3.8) is 0 Å². The average molecular weight is 296 g/mol. The molecule has 0 saturated heterocycles.